The van der Waals surface area contributed by atoms with E-state index in [0.29, 0.717) is 30.5 Å². The van der Waals surface area contributed by atoms with Gasteiger partial charge in [0.1, 0.15) is 5.75 Å². The van der Waals surface area contributed by atoms with Gasteiger partial charge in [0.05, 0.1) is 6.54 Å². The number of rotatable bonds is 11. The molecule has 0 aliphatic rings. The summed E-state index contributed by atoms with van der Waals surface area (Å²) in [5.74, 6) is 1.14. The molecular formula is C19H31F2N3O2. The second-order valence-electron chi connectivity index (χ2n) is 6.23. The zero-order valence-corrected chi connectivity index (χ0v) is 15.9. The Hall–Kier alpha value is -1.89. The highest BCUT2D eigenvalue weighted by atomic mass is 19.3. The summed E-state index contributed by atoms with van der Waals surface area (Å²) < 4.78 is 29.7. The topological polar surface area (TPSA) is 65.9 Å². The Morgan fingerprint density at radius 2 is 2.00 bits per heavy atom. The lowest BCUT2D eigenvalue weighted by Gasteiger charge is -2.18. The van der Waals surface area contributed by atoms with Crippen LogP contribution in [0.25, 0.3) is 0 Å². The van der Waals surface area contributed by atoms with Crippen LogP contribution in [0, 0.1) is 12.8 Å². The Morgan fingerprint density at radius 3 is 2.62 bits per heavy atom. The first-order chi connectivity index (χ1) is 12.5. The molecule has 1 aromatic rings. The van der Waals surface area contributed by atoms with Crippen molar-refractivity contribution >= 4 is 5.96 Å². The minimum Gasteiger partial charge on any atom is -0.434 e. The number of aliphatic imine (C=N–C) groups is 1. The number of alkyl halides is 2. The van der Waals surface area contributed by atoms with Crippen LogP contribution in [-0.4, -0.2) is 37.4 Å². The first kappa shape index (κ1) is 22.2. The number of halogens is 2. The fourth-order valence-electron chi connectivity index (χ4n) is 2.73. The molecule has 0 amide bonds. The van der Waals surface area contributed by atoms with Crippen molar-refractivity contribution in [3.63, 3.8) is 0 Å². The summed E-state index contributed by atoms with van der Waals surface area (Å²) in [5, 5.41) is 15.6. The summed E-state index contributed by atoms with van der Waals surface area (Å²) in [4.78, 5) is 4.49. The fourth-order valence-corrected chi connectivity index (χ4v) is 2.73. The molecule has 1 atom stereocenters. The molecule has 0 radical (unpaired) electrons. The second kappa shape index (κ2) is 12.5. The fraction of sp³-hybridized carbons (Fsp3) is 0.632. The van der Waals surface area contributed by atoms with E-state index in [1.807, 2.05) is 13.8 Å². The van der Waals surface area contributed by atoms with Gasteiger partial charge in [-0.25, -0.2) is 4.99 Å². The highest BCUT2D eigenvalue weighted by Crippen LogP contribution is 2.23. The van der Waals surface area contributed by atoms with E-state index in [1.165, 1.54) is 0 Å². The predicted octanol–water partition coefficient (Wildman–Crippen LogP) is 3.45. The summed E-state index contributed by atoms with van der Waals surface area (Å²) in [5.41, 5.74) is 1.57. The summed E-state index contributed by atoms with van der Waals surface area (Å²) in [6.07, 6.45) is 2.82. The van der Waals surface area contributed by atoms with Crippen LogP contribution in [0.3, 0.4) is 0 Å². The molecule has 1 unspecified atom stereocenters. The highest BCUT2D eigenvalue weighted by Gasteiger charge is 2.11. The number of benzene rings is 1. The number of hydrogen-bond acceptors (Lipinski definition) is 3. The van der Waals surface area contributed by atoms with Gasteiger partial charge in [0.25, 0.3) is 0 Å². The van der Waals surface area contributed by atoms with Gasteiger partial charge in [0, 0.05) is 25.3 Å². The lowest BCUT2D eigenvalue weighted by atomic mass is 10.0. The van der Waals surface area contributed by atoms with Crippen LogP contribution in [0.5, 0.6) is 5.75 Å². The van der Waals surface area contributed by atoms with Crippen LogP contribution >= 0.6 is 0 Å². The normalized spacial score (nSPS) is 13.0. The summed E-state index contributed by atoms with van der Waals surface area (Å²) in [6.45, 7) is 4.91. The zero-order chi connectivity index (χ0) is 19.4. The smallest absolute Gasteiger partial charge is 0.387 e. The SMILES string of the molecule is CCCC(CCO)CNC(=NCc1cc(C)ccc1OC(F)F)NCC. The second-order valence-corrected chi connectivity index (χ2v) is 6.23. The maximum Gasteiger partial charge on any atom is 0.387 e. The van der Waals surface area contributed by atoms with Gasteiger partial charge in [-0.05, 0) is 38.7 Å². The summed E-state index contributed by atoms with van der Waals surface area (Å²) in [7, 11) is 0. The standard InChI is InChI=1S/C19H31F2N3O2/c1-4-6-15(9-10-25)12-23-19(22-5-2)24-13-16-11-14(3)7-8-17(16)26-18(20)21/h7-8,11,15,18,25H,4-6,9-10,12-13H2,1-3H3,(H2,22,23,24). The minimum absolute atomic E-state index is 0.148. The van der Waals surface area contributed by atoms with Crippen molar-refractivity contribution in [1.82, 2.24) is 10.6 Å². The molecule has 26 heavy (non-hydrogen) atoms. The van der Waals surface area contributed by atoms with Gasteiger partial charge in [-0.15, -0.1) is 0 Å². The highest BCUT2D eigenvalue weighted by molar-refractivity contribution is 5.79. The molecule has 1 aromatic carbocycles. The van der Waals surface area contributed by atoms with E-state index < -0.39 is 6.61 Å². The lowest BCUT2D eigenvalue weighted by Crippen LogP contribution is -2.40. The third-order valence-electron chi connectivity index (χ3n) is 3.98. The molecular weight excluding hydrogens is 340 g/mol. The van der Waals surface area contributed by atoms with Crippen LogP contribution in [0.4, 0.5) is 8.78 Å². The van der Waals surface area contributed by atoms with Crippen LogP contribution in [0.15, 0.2) is 23.2 Å². The van der Waals surface area contributed by atoms with Crippen molar-refractivity contribution in [2.75, 3.05) is 19.7 Å². The van der Waals surface area contributed by atoms with Crippen LogP contribution in [0.1, 0.15) is 44.2 Å². The van der Waals surface area contributed by atoms with Crippen molar-refractivity contribution in [2.24, 2.45) is 10.9 Å². The first-order valence-corrected chi connectivity index (χ1v) is 9.17. The van der Waals surface area contributed by atoms with Crippen LogP contribution in [0.2, 0.25) is 0 Å². The average molecular weight is 371 g/mol. The Kier molecular flexibility index (Phi) is 10.6. The Balaban J connectivity index is 2.80. The van der Waals surface area contributed by atoms with Crippen molar-refractivity contribution < 1.29 is 18.6 Å². The molecule has 0 heterocycles. The number of aliphatic hydroxyl groups is 1. The average Bonchev–Trinajstić information content (AvgIpc) is 2.59. The van der Waals surface area contributed by atoms with Crippen molar-refractivity contribution in [2.45, 2.75) is 53.2 Å². The number of aryl methyl sites for hydroxylation is 1. The minimum atomic E-state index is -2.86. The van der Waals surface area contributed by atoms with Gasteiger partial charge < -0.3 is 20.5 Å². The molecule has 0 saturated carbocycles. The molecule has 0 fully saturated rings. The van der Waals surface area contributed by atoms with Gasteiger partial charge in [0.15, 0.2) is 5.96 Å². The van der Waals surface area contributed by atoms with Crippen molar-refractivity contribution in [1.29, 1.82) is 0 Å². The zero-order valence-electron chi connectivity index (χ0n) is 15.9. The molecule has 0 bridgehead atoms. The van der Waals surface area contributed by atoms with Gasteiger partial charge in [-0.3, -0.25) is 0 Å². The molecule has 0 saturated heterocycles. The van der Waals surface area contributed by atoms with E-state index >= 15 is 0 Å². The molecule has 0 aliphatic carbocycles. The Bertz CT molecular complexity index is 548. The lowest BCUT2D eigenvalue weighted by molar-refractivity contribution is -0.0504. The Morgan fingerprint density at radius 1 is 1.23 bits per heavy atom. The van der Waals surface area contributed by atoms with Crippen molar-refractivity contribution in [3.8, 4) is 5.75 Å². The molecule has 3 N–H and O–H groups in total. The van der Waals surface area contributed by atoms with Crippen LogP contribution < -0.4 is 15.4 Å². The molecule has 148 valence electrons. The molecule has 7 heteroatoms. The van der Waals surface area contributed by atoms with Gasteiger partial charge >= 0.3 is 6.61 Å². The monoisotopic (exact) mass is 371 g/mol. The molecule has 0 aromatic heterocycles. The predicted molar refractivity (Wildman–Crippen MR) is 101 cm³/mol. The number of guanidine groups is 1. The third-order valence-corrected chi connectivity index (χ3v) is 3.98. The molecule has 0 spiro atoms. The number of hydrogen-bond donors (Lipinski definition) is 3. The number of aliphatic hydroxyl groups excluding tert-OH is 1. The maximum absolute atomic E-state index is 12.6. The largest absolute Gasteiger partial charge is 0.434 e. The molecule has 0 aliphatic heterocycles. The summed E-state index contributed by atoms with van der Waals surface area (Å²) >= 11 is 0. The number of nitrogens with zero attached hydrogens (tertiary/aromatic N) is 1. The molecule has 5 nitrogen and oxygen atoms in total. The van der Waals surface area contributed by atoms with E-state index in [4.69, 9.17) is 5.11 Å². The van der Waals surface area contributed by atoms with Crippen LogP contribution in [-0.2, 0) is 6.54 Å². The maximum atomic E-state index is 12.6. The van der Waals surface area contributed by atoms with E-state index in [9.17, 15) is 8.78 Å². The molecule has 1 rings (SSSR count). The van der Waals surface area contributed by atoms with E-state index in [2.05, 4.69) is 27.3 Å². The third kappa shape index (κ3) is 8.47. The van der Waals surface area contributed by atoms with Gasteiger partial charge in [-0.2, -0.15) is 8.78 Å². The first-order valence-electron chi connectivity index (χ1n) is 9.17. The van der Waals surface area contributed by atoms with Crippen molar-refractivity contribution in [3.05, 3.63) is 29.3 Å². The number of nitrogens with one attached hydrogen (secondary N) is 2. The van der Waals surface area contributed by atoms with E-state index in [1.54, 1.807) is 18.2 Å². The van der Waals surface area contributed by atoms with Gasteiger partial charge in [-0.1, -0.05) is 31.0 Å². The number of ether oxygens (including phenoxy) is 1. The van der Waals surface area contributed by atoms with Gasteiger partial charge in [0.2, 0.25) is 0 Å². The van der Waals surface area contributed by atoms with E-state index in [-0.39, 0.29) is 18.9 Å². The quantitative estimate of drug-likeness (QED) is 0.412. The van der Waals surface area contributed by atoms with E-state index in [0.717, 1.165) is 24.8 Å². The Labute approximate surface area is 154 Å². The summed E-state index contributed by atoms with van der Waals surface area (Å²) in [6, 6.07) is 5.08.